The van der Waals surface area contributed by atoms with E-state index in [0.29, 0.717) is 17.1 Å². The number of carbonyl (C=O) groups excluding carboxylic acids is 3. The van der Waals surface area contributed by atoms with Crippen molar-refractivity contribution in [1.29, 1.82) is 0 Å². The smallest absolute Gasteiger partial charge is 0.273 e. The molecule has 206 valence electrons. The molecule has 2 heterocycles. The van der Waals surface area contributed by atoms with Gasteiger partial charge in [0.1, 0.15) is 4.88 Å². The van der Waals surface area contributed by atoms with E-state index in [2.05, 4.69) is 15.0 Å². The quantitative estimate of drug-likeness (QED) is 0.243. The van der Waals surface area contributed by atoms with Crippen molar-refractivity contribution in [3.8, 4) is 0 Å². The Morgan fingerprint density at radius 1 is 0.950 bits per heavy atom. The first kappa shape index (κ1) is 27.5. The summed E-state index contributed by atoms with van der Waals surface area (Å²) in [6.45, 7) is 0.312. The fraction of sp³-hybridized carbons (Fsp3) is 0.267. The first-order valence-electron chi connectivity index (χ1n) is 13.3. The number of nitrogen functional groups attached to an aromatic ring is 1. The maximum absolute atomic E-state index is 14.2. The number of aromatic nitrogens is 1. The lowest BCUT2D eigenvalue weighted by atomic mass is 9.95. The van der Waals surface area contributed by atoms with Crippen molar-refractivity contribution >= 4 is 52.0 Å². The van der Waals surface area contributed by atoms with E-state index in [1.54, 1.807) is 12.1 Å². The Morgan fingerprint density at radius 3 is 2.33 bits per heavy atom. The third kappa shape index (κ3) is 6.24. The molecule has 2 aromatic carbocycles. The van der Waals surface area contributed by atoms with Crippen molar-refractivity contribution in [3.63, 3.8) is 0 Å². The van der Waals surface area contributed by atoms with Gasteiger partial charge in [-0.1, -0.05) is 73.9 Å². The summed E-state index contributed by atoms with van der Waals surface area (Å²) in [5, 5.41) is 7.89. The lowest BCUT2D eigenvalue weighted by Gasteiger charge is -2.30. The molecule has 0 aliphatic heterocycles. The van der Waals surface area contributed by atoms with Crippen molar-refractivity contribution in [2.75, 3.05) is 10.6 Å². The summed E-state index contributed by atoms with van der Waals surface area (Å²) in [5.74, 6) is -1.20. The van der Waals surface area contributed by atoms with E-state index in [-0.39, 0.29) is 34.1 Å². The van der Waals surface area contributed by atoms with Gasteiger partial charge in [0.15, 0.2) is 11.7 Å². The van der Waals surface area contributed by atoms with E-state index in [4.69, 9.17) is 5.73 Å². The molecule has 2 aromatic heterocycles. The van der Waals surface area contributed by atoms with Crippen molar-refractivity contribution in [3.05, 3.63) is 99.2 Å². The largest absolute Gasteiger partial charge is 0.395 e. The summed E-state index contributed by atoms with van der Waals surface area (Å²) in [4.78, 5) is 43.3. The fourth-order valence-corrected chi connectivity index (χ4v) is 6.45. The second kappa shape index (κ2) is 12.9. The molecule has 1 unspecified atom stereocenters. The highest BCUT2D eigenvalue weighted by Gasteiger charge is 2.36. The molecule has 1 aliphatic rings. The number of nitrogens with one attached hydrogen (secondary N) is 2. The minimum atomic E-state index is -0.959. The molecule has 0 spiro atoms. The summed E-state index contributed by atoms with van der Waals surface area (Å²) in [6, 6.07) is 21.4. The monoisotopic (exact) mass is 573 g/mol. The van der Waals surface area contributed by atoms with Gasteiger partial charge in [-0.25, -0.2) is 0 Å². The number of benzene rings is 2. The van der Waals surface area contributed by atoms with Gasteiger partial charge in [0.05, 0.1) is 5.69 Å². The zero-order chi connectivity index (χ0) is 27.9. The molecule has 0 saturated heterocycles. The van der Waals surface area contributed by atoms with E-state index in [9.17, 15) is 14.4 Å². The van der Waals surface area contributed by atoms with Crippen LogP contribution in [0.15, 0.2) is 78.2 Å². The third-order valence-electron chi connectivity index (χ3n) is 6.96. The SMILES string of the molecule is Nc1c(C(=O)NC2CCCCC2)nsc1C(=O)N(c1ccccc1)C(C(=O)NCc1ccccc1)c1cccs1. The fourth-order valence-electron chi connectivity index (χ4n) is 4.90. The highest BCUT2D eigenvalue weighted by atomic mass is 32.1. The molecule has 8 nitrogen and oxygen atoms in total. The Labute approximate surface area is 241 Å². The van der Waals surface area contributed by atoms with Gasteiger partial charge >= 0.3 is 0 Å². The predicted octanol–water partition coefficient (Wildman–Crippen LogP) is 5.55. The minimum Gasteiger partial charge on any atom is -0.395 e. The summed E-state index contributed by atoms with van der Waals surface area (Å²) in [6.07, 6.45) is 5.16. The highest BCUT2D eigenvalue weighted by Crippen LogP contribution is 2.35. The Bertz CT molecular complexity index is 1430. The van der Waals surface area contributed by atoms with Crippen LogP contribution in [0, 0.1) is 0 Å². The van der Waals surface area contributed by atoms with E-state index < -0.39 is 11.9 Å². The van der Waals surface area contributed by atoms with Crippen LogP contribution in [0.2, 0.25) is 0 Å². The molecule has 4 N–H and O–H groups in total. The van der Waals surface area contributed by atoms with Crippen LogP contribution in [0.4, 0.5) is 11.4 Å². The normalized spacial score (nSPS) is 14.3. The molecular weight excluding hydrogens is 542 g/mol. The maximum atomic E-state index is 14.2. The van der Waals surface area contributed by atoms with Gasteiger partial charge in [0.25, 0.3) is 11.8 Å². The molecule has 40 heavy (non-hydrogen) atoms. The number of thiophene rings is 1. The number of amides is 3. The average Bonchev–Trinajstić information content (AvgIpc) is 3.66. The lowest BCUT2D eigenvalue weighted by molar-refractivity contribution is -0.122. The van der Waals surface area contributed by atoms with Crippen molar-refractivity contribution in [2.24, 2.45) is 0 Å². The third-order valence-corrected chi connectivity index (χ3v) is 8.74. The molecule has 3 amide bonds. The van der Waals surface area contributed by atoms with Crippen molar-refractivity contribution in [1.82, 2.24) is 15.0 Å². The molecule has 10 heteroatoms. The van der Waals surface area contributed by atoms with Crippen LogP contribution in [-0.4, -0.2) is 28.1 Å². The van der Waals surface area contributed by atoms with E-state index in [0.717, 1.165) is 42.8 Å². The van der Waals surface area contributed by atoms with Gasteiger partial charge in [-0.15, -0.1) is 11.3 Å². The number of rotatable bonds is 9. The Morgan fingerprint density at radius 2 is 1.65 bits per heavy atom. The molecule has 1 fully saturated rings. The molecule has 0 bridgehead atoms. The van der Waals surface area contributed by atoms with Gasteiger partial charge in [-0.3, -0.25) is 19.3 Å². The summed E-state index contributed by atoms with van der Waals surface area (Å²) < 4.78 is 4.28. The number of hydrogen-bond acceptors (Lipinski definition) is 7. The molecule has 0 radical (unpaired) electrons. The van der Waals surface area contributed by atoms with Gasteiger partial charge in [-0.2, -0.15) is 4.37 Å². The van der Waals surface area contributed by atoms with Gasteiger partial charge in [0, 0.05) is 23.2 Å². The Kier molecular flexibility index (Phi) is 8.87. The Hall–Kier alpha value is -4.02. The summed E-state index contributed by atoms with van der Waals surface area (Å²) >= 11 is 2.27. The molecule has 4 aromatic rings. The number of para-hydroxylation sites is 1. The van der Waals surface area contributed by atoms with Crippen LogP contribution in [0.3, 0.4) is 0 Å². The first-order valence-corrected chi connectivity index (χ1v) is 15.0. The lowest BCUT2D eigenvalue weighted by Crippen LogP contribution is -2.43. The molecule has 5 rings (SSSR count). The minimum absolute atomic E-state index is 0.0267. The zero-order valence-electron chi connectivity index (χ0n) is 21.9. The van der Waals surface area contributed by atoms with Crippen LogP contribution in [0.25, 0.3) is 0 Å². The van der Waals surface area contributed by atoms with Crippen LogP contribution in [0.5, 0.6) is 0 Å². The average molecular weight is 574 g/mol. The maximum Gasteiger partial charge on any atom is 0.273 e. The van der Waals surface area contributed by atoms with E-state index >= 15 is 0 Å². The van der Waals surface area contributed by atoms with Crippen molar-refractivity contribution < 1.29 is 14.4 Å². The second-order valence-electron chi connectivity index (χ2n) is 9.71. The number of hydrogen-bond donors (Lipinski definition) is 3. The second-order valence-corrected chi connectivity index (χ2v) is 11.5. The summed E-state index contributed by atoms with van der Waals surface area (Å²) in [5.41, 5.74) is 7.95. The number of anilines is 2. The van der Waals surface area contributed by atoms with Gasteiger partial charge in [0.2, 0.25) is 5.91 Å². The summed E-state index contributed by atoms with van der Waals surface area (Å²) in [7, 11) is 0. The topological polar surface area (TPSA) is 117 Å². The molecule has 1 saturated carbocycles. The van der Waals surface area contributed by atoms with E-state index in [1.165, 1.54) is 22.7 Å². The zero-order valence-corrected chi connectivity index (χ0v) is 23.5. The van der Waals surface area contributed by atoms with Gasteiger partial charge < -0.3 is 16.4 Å². The molecule has 1 atom stereocenters. The van der Waals surface area contributed by atoms with Crippen LogP contribution in [-0.2, 0) is 11.3 Å². The van der Waals surface area contributed by atoms with Gasteiger partial charge in [-0.05, 0) is 53.5 Å². The van der Waals surface area contributed by atoms with Crippen LogP contribution >= 0.6 is 22.9 Å². The number of nitrogens with zero attached hydrogens (tertiary/aromatic N) is 2. The molecular formula is C30H31N5O3S2. The Balaban J connectivity index is 1.46. The predicted molar refractivity (Wildman–Crippen MR) is 159 cm³/mol. The van der Waals surface area contributed by atoms with Crippen molar-refractivity contribution in [2.45, 2.75) is 50.7 Å². The van der Waals surface area contributed by atoms with Crippen LogP contribution < -0.4 is 21.3 Å². The standard InChI is InChI=1S/C30H31N5O3S2/c31-24-25(28(36)33-21-13-6-2-7-14-21)34-40-27(24)30(38)35(22-15-8-3-9-16-22)26(23-17-10-18-39-23)29(37)32-19-20-11-4-1-5-12-20/h1,3-5,8-12,15-18,21,26H,2,6-7,13-14,19,31H2,(H,32,37)(H,33,36). The molecule has 1 aliphatic carbocycles. The highest BCUT2D eigenvalue weighted by molar-refractivity contribution is 7.10. The van der Waals surface area contributed by atoms with Crippen LogP contribution in [0.1, 0.15) is 68.7 Å². The first-order chi connectivity index (χ1) is 19.5. The van der Waals surface area contributed by atoms with E-state index in [1.807, 2.05) is 66.0 Å². The number of nitrogens with two attached hydrogens (primary N) is 1. The number of carbonyl (C=O) groups is 3.